The number of likely N-dealkylation sites (N-methyl/N-ethyl adjacent to an activating group) is 1. The number of aliphatic hydroxyl groups is 2. The predicted octanol–water partition coefficient (Wildman–Crippen LogP) is 1.69. The lowest BCUT2D eigenvalue weighted by atomic mass is 10.1. The van der Waals surface area contributed by atoms with Crippen LogP contribution in [0.5, 0.6) is 0 Å². The summed E-state index contributed by atoms with van der Waals surface area (Å²) < 4.78 is 0. The van der Waals surface area contributed by atoms with Crippen LogP contribution < -0.4 is 16.4 Å². The van der Waals surface area contributed by atoms with Crippen molar-refractivity contribution in [3.8, 4) is 0 Å². The molecule has 6 N–H and O–H groups in total. The molecule has 0 aliphatic rings. The molecule has 3 aromatic rings. The first kappa shape index (κ1) is 28.6. The number of hydrogen-bond donors (Lipinski definition) is 5. The van der Waals surface area contributed by atoms with Crippen LogP contribution in [0.3, 0.4) is 0 Å². The monoisotopic (exact) mass is 492 g/mol. The van der Waals surface area contributed by atoms with Crippen molar-refractivity contribution in [1.29, 1.82) is 0 Å². The fourth-order valence-electron chi connectivity index (χ4n) is 3.22. The van der Waals surface area contributed by atoms with Gasteiger partial charge in [-0.05, 0) is 49.0 Å². The number of carbonyl (C=O) groups excluding carboxylic acids is 1. The van der Waals surface area contributed by atoms with Gasteiger partial charge in [-0.1, -0.05) is 24.3 Å². The van der Waals surface area contributed by atoms with Crippen LogP contribution in [0.15, 0.2) is 85.0 Å². The molecule has 0 saturated heterocycles. The summed E-state index contributed by atoms with van der Waals surface area (Å²) in [5, 5.41) is 22.6. The number of carbonyl (C=O) groups is 1. The average molecular weight is 493 g/mol. The van der Waals surface area contributed by atoms with Crippen LogP contribution in [0.4, 0.5) is 5.69 Å². The molecule has 3 rings (SSSR count). The molecule has 0 bridgehead atoms. The Morgan fingerprint density at radius 3 is 2.08 bits per heavy atom. The molecule has 0 radical (unpaired) electrons. The molecule has 1 atom stereocenters. The summed E-state index contributed by atoms with van der Waals surface area (Å²) in [6, 6.07) is 19.5. The molecule has 2 heterocycles. The van der Waals surface area contributed by atoms with Crippen LogP contribution in [0.25, 0.3) is 0 Å². The molecule has 0 spiro atoms. The smallest absolute Gasteiger partial charge is 0.124 e. The van der Waals surface area contributed by atoms with Gasteiger partial charge in [-0.25, -0.2) is 0 Å². The third kappa shape index (κ3) is 11.7. The Hall–Kier alpha value is -3.63. The van der Waals surface area contributed by atoms with E-state index >= 15 is 0 Å². The predicted molar refractivity (Wildman–Crippen MR) is 142 cm³/mol. The molecular formula is C27H36N6O3. The van der Waals surface area contributed by atoms with Gasteiger partial charge in [-0.15, -0.1) is 0 Å². The second-order valence-corrected chi connectivity index (χ2v) is 8.11. The lowest BCUT2D eigenvalue weighted by Crippen LogP contribution is -2.28. The minimum absolute atomic E-state index is 0.166. The topological polar surface area (TPSA) is 137 Å². The molecule has 9 heteroatoms. The zero-order chi connectivity index (χ0) is 26.0. The van der Waals surface area contributed by atoms with Gasteiger partial charge in [-0.2, -0.15) is 0 Å². The first-order valence-corrected chi connectivity index (χ1v) is 11.7. The van der Waals surface area contributed by atoms with Gasteiger partial charge in [0.1, 0.15) is 6.29 Å². The van der Waals surface area contributed by atoms with E-state index < -0.39 is 6.10 Å². The van der Waals surface area contributed by atoms with Crippen molar-refractivity contribution < 1.29 is 15.0 Å². The number of aliphatic hydroxyl groups excluding tert-OH is 2. The number of nitrogens with one attached hydrogen (secondary N) is 2. The van der Waals surface area contributed by atoms with Crippen molar-refractivity contribution in [3.05, 3.63) is 102 Å². The summed E-state index contributed by atoms with van der Waals surface area (Å²) in [4.78, 5) is 21.6. The number of nitrogens with two attached hydrogens (primary N) is 1. The van der Waals surface area contributed by atoms with Crippen molar-refractivity contribution in [3.63, 3.8) is 0 Å². The average Bonchev–Trinajstić information content (AvgIpc) is 2.90. The van der Waals surface area contributed by atoms with E-state index in [1.165, 1.54) is 0 Å². The number of rotatable bonds is 13. The molecule has 0 saturated carbocycles. The van der Waals surface area contributed by atoms with Gasteiger partial charge >= 0.3 is 0 Å². The van der Waals surface area contributed by atoms with E-state index in [1.807, 2.05) is 60.7 Å². The van der Waals surface area contributed by atoms with Crippen LogP contribution in [0.1, 0.15) is 17.0 Å². The summed E-state index contributed by atoms with van der Waals surface area (Å²) in [7, 11) is 1.72. The summed E-state index contributed by atoms with van der Waals surface area (Å²) in [6.07, 6.45) is 6.11. The lowest BCUT2D eigenvalue weighted by molar-refractivity contribution is -0.107. The van der Waals surface area contributed by atoms with Gasteiger partial charge in [0.2, 0.25) is 0 Å². The molecule has 192 valence electrons. The van der Waals surface area contributed by atoms with Crippen molar-refractivity contribution in [2.45, 2.75) is 25.6 Å². The van der Waals surface area contributed by atoms with Crippen LogP contribution in [0, 0.1) is 0 Å². The third-order valence-corrected chi connectivity index (χ3v) is 4.98. The Morgan fingerprint density at radius 1 is 1.03 bits per heavy atom. The molecule has 1 aromatic carbocycles. The minimum Gasteiger partial charge on any atom is -0.400 e. The maximum absolute atomic E-state index is 10.6. The molecule has 0 aliphatic heterocycles. The first-order valence-electron chi connectivity index (χ1n) is 11.7. The van der Waals surface area contributed by atoms with Gasteiger partial charge < -0.3 is 31.4 Å². The number of pyridine rings is 2. The lowest BCUT2D eigenvalue weighted by Gasteiger charge is -2.22. The van der Waals surface area contributed by atoms with E-state index in [-0.39, 0.29) is 6.61 Å². The molecular weight excluding hydrogens is 456 g/mol. The van der Waals surface area contributed by atoms with E-state index in [1.54, 1.807) is 25.6 Å². The van der Waals surface area contributed by atoms with E-state index in [0.29, 0.717) is 38.3 Å². The van der Waals surface area contributed by atoms with Gasteiger partial charge in [0.05, 0.1) is 24.1 Å². The SMILES string of the molecule is CNC[C@H](O)CO.N/C(=C\Nc1ccc(CC=O)cc1)CN(Cc1ccccn1)Cc1ccccn1. The van der Waals surface area contributed by atoms with Crippen molar-refractivity contribution >= 4 is 12.0 Å². The molecule has 0 unspecified atom stereocenters. The number of aldehydes is 1. The standard InChI is InChI=1S/C23H25N5O.C4H11NO2/c24-20(15-27-21-9-7-19(8-10-21)11-14-29)16-28(17-22-5-1-3-12-25-22)18-23-6-2-4-13-26-23;1-5-2-4(7)3-6/h1-10,12-15,27H,11,16-18,24H2;4-7H,2-3H2,1H3/b20-15-;/t;4-/m.0/s1. The molecule has 0 amide bonds. The Balaban J connectivity index is 0.000000572. The second kappa shape index (κ2) is 16.9. The summed E-state index contributed by atoms with van der Waals surface area (Å²) in [5.41, 5.74) is 10.8. The highest BCUT2D eigenvalue weighted by Crippen LogP contribution is 2.11. The van der Waals surface area contributed by atoms with Crippen LogP contribution in [-0.4, -0.2) is 64.2 Å². The highest BCUT2D eigenvalue weighted by atomic mass is 16.3. The zero-order valence-electron chi connectivity index (χ0n) is 20.6. The van der Waals surface area contributed by atoms with Crippen molar-refractivity contribution in [2.75, 3.05) is 32.1 Å². The van der Waals surface area contributed by atoms with Gasteiger partial charge in [0, 0.05) is 62.6 Å². The number of aromatic nitrogens is 2. The first-order chi connectivity index (χ1) is 17.5. The summed E-state index contributed by atoms with van der Waals surface area (Å²) >= 11 is 0. The van der Waals surface area contributed by atoms with Gasteiger partial charge in [-0.3, -0.25) is 14.9 Å². The largest absolute Gasteiger partial charge is 0.400 e. The molecule has 0 aliphatic carbocycles. The Labute approximate surface area is 212 Å². The highest BCUT2D eigenvalue weighted by molar-refractivity contribution is 5.56. The van der Waals surface area contributed by atoms with Crippen LogP contribution >= 0.6 is 0 Å². The van der Waals surface area contributed by atoms with E-state index in [4.69, 9.17) is 15.9 Å². The number of hydrogen-bond acceptors (Lipinski definition) is 9. The number of benzene rings is 1. The molecule has 36 heavy (non-hydrogen) atoms. The molecule has 2 aromatic heterocycles. The number of anilines is 1. The normalized spacial score (nSPS) is 11.9. The Morgan fingerprint density at radius 2 is 1.64 bits per heavy atom. The Kier molecular flexibility index (Phi) is 13.4. The zero-order valence-corrected chi connectivity index (χ0v) is 20.6. The minimum atomic E-state index is -0.606. The van der Waals surface area contributed by atoms with Crippen molar-refractivity contribution in [2.24, 2.45) is 5.73 Å². The van der Waals surface area contributed by atoms with Gasteiger partial charge in [0.15, 0.2) is 0 Å². The molecule has 0 fully saturated rings. The van der Waals surface area contributed by atoms with Crippen molar-refractivity contribution in [1.82, 2.24) is 20.2 Å². The Bertz CT molecular complexity index is 975. The maximum atomic E-state index is 10.6. The highest BCUT2D eigenvalue weighted by Gasteiger charge is 2.10. The van der Waals surface area contributed by atoms with Crippen LogP contribution in [0.2, 0.25) is 0 Å². The second-order valence-electron chi connectivity index (χ2n) is 8.11. The quantitative estimate of drug-likeness (QED) is 0.226. The third-order valence-electron chi connectivity index (χ3n) is 4.98. The summed E-state index contributed by atoms with van der Waals surface area (Å²) in [5.74, 6) is 0. The number of nitrogens with zero attached hydrogens (tertiary/aromatic N) is 3. The van der Waals surface area contributed by atoms with E-state index in [0.717, 1.165) is 28.9 Å². The van der Waals surface area contributed by atoms with Gasteiger partial charge in [0.25, 0.3) is 0 Å². The maximum Gasteiger partial charge on any atom is 0.124 e. The fraction of sp³-hybridized carbons (Fsp3) is 0.296. The summed E-state index contributed by atoms with van der Waals surface area (Å²) in [6.45, 7) is 2.21. The van der Waals surface area contributed by atoms with Crippen LogP contribution in [-0.2, 0) is 24.3 Å². The molecule has 9 nitrogen and oxygen atoms in total. The van der Waals surface area contributed by atoms with E-state index in [2.05, 4.69) is 25.5 Å². The fourth-order valence-corrected chi connectivity index (χ4v) is 3.22. The van der Waals surface area contributed by atoms with E-state index in [9.17, 15) is 4.79 Å².